The number of carbonyl (C=O) groups excluding carboxylic acids is 1. The summed E-state index contributed by atoms with van der Waals surface area (Å²) in [5.74, 6) is 1.82. The van der Waals surface area contributed by atoms with Crippen molar-refractivity contribution in [2.24, 2.45) is 0 Å². The lowest BCUT2D eigenvalue weighted by Gasteiger charge is -2.43. The van der Waals surface area contributed by atoms with Gasteiger partial charge in [0.05, 0.1) is 30.9 Å². The van der Waals surface area contributed by atoms with Crippen LogP contribution in [0.4, 0.5) is 11.5 Å². The molecule has 0 radical (unpaired) electrons. The highest BCUT2D eigenvalue weighted by Gasteiger charge is 2.41. The summed E-state index contributed by atoms with van der Waals surface area (Å²) in [6, 6.07) is 6.07. The van der Waals surface area contributed by atoms with Crippen molar-refractivity contribution >= 4 is 27.2 Å². The number of fused-ring (bicyclic) bond motifs is 3. The number of benzene rings is 1. The SMILES string of the molecule is Cc1nccn1-c1ncc2c(n1)N1CCOCC1C(=O)N2Cc1ccc(S(C)(=O)=O)cc1. The Balaban J connectivity index is 1.55. The van der Waals surface area contributed by atoms with E-state index < -0.39 is 15.9 Å². The first kappa shape index (κ1) is 20.6. The van der Waals surface area contributed by atoms with Crippen molar-refractivity contribution in [3.63, 3.8) is 0 Å². The van der Waals surface area contributed by atoms with Crippen LogP contribution in [0.15, 0.2) is 47.8 Å². The third-order valence-electron chi connectivity index (χ3n) is 5.71. The Bertz CT molecular complexity index is 1290. The topological polar surface area (TPSA) is 111 Å². The van der Waals surface area contributed by atoms with E-state index >= 15 is 0 Å². The number of anilines is 2. The van der Waals surface area contributed by atoms with Gasteiger partial charge in [0.1, 0.15) is 17.6 Å². The monoisotopic (exact) mass is 454 g/mol. The molecule has 1 amide bonds. The van der Waals surface area contributed by atoms with E-state index in [2.05, 4.69) is 9.97 Å². The molecule has 4 heterocycles. The van der Waals surface area contributed by atoms with Gasteiger partial charge in [-0.15, -0.1) is 0 Å². The first-order valence-corrected chi connectivity index (χ1v) is 12.0. The van der Waals surface area contributed by atoms with E-state index in [1.165, 1.54) is 6.26 Å². The fourth-order valence-corrected chi connectivity index (χ4v) is 4.64. The predicted molar refractivity (Wildman–Crippen MR) is 117 cm³/mol. The van der Waals surface area contributed by atoms with Crippen molar-refractivity contribution in [3.8, 4) is 5.95 Å². The molecule has 11 heteroatoms. The Morgan fingerprint density at radius 2 is 1.97 bits per heavy atom. The van der Waals surface area contributed by atoms with Gasteiger partial charge in [0, 0.05) is 25.2 Å². The Morgan fingerprint density at radius 3 is 2.66 bits per heavy atom. The van der Waals surface area contributed by atoms with Gasteiger partial charge in [-0.05, 0) is 24.6 Å². The first-order chi connectivity index (χ1) is 15.3. The van der Waals surface area contributed by atoms with Crippen molar-refractivity contribution < 1.29 is 17.9 Å². The normalized spacial score (nSPS) is 18.4. The van der Waals surface area contributed by atoms with Crippen LogP contribution in [0.5, 0.6) is 0 Å². The van der Waals surface area contributed by atoms with Crippen LogP contribution in [0, 0.1) is 6.92 Å². The molecule has 5 rings (SSSR count). The zero-order valence-corrected chi connectivity index (χ0v) is 18.5. The molecule has 2 aliphatic rings. The standard InChI is InChI=1S/C21H22N6O4S/c1-14-22-7-8-25(14)21-23-11-17-19(24-21)26-9-10-31-13-18(26)20(28)27(17)12-15-3-5-16(6-4-15)32(2,29)30/h3-8,11,18H,9-10,12-13H2,1-2H3. The molecule has 1 unspecified atom stereocenters. The number of morpholine rings is 1. The van der Waals surface area contributed by atoms with Crippen LogP contribution in [0.2, 0.25) is 0 Å². The van der Waals surface area contributed by atoms with E-state index in [-0.39, 0.29) is 24.0 Å². The van der Waals surface area contributed by atoms with Crippen LogP contribution in [0.25, 0.3) is 5.95 Å². The molecule has 1 fully saturated rings. The summed E-state index contributed by atoms with van der Waals surface area (Å²) >= 11 is 0. The largest absolute Gasteiger partial charge is 0.377 e. The van der Waals surface area contributed by atoms with E-state index in [0.29, 0.717) is 30.6 Å². The molecule has 2 aromatic heterocycles. The lowest BCUT2D eigenvalue weighted by Crippen LogP contribution is -2.59. The quantitative estimate of drug-likeness (QED) is 0.577. The fraction of sp³-hybridized carbons (Fsp3) is 0.333. The third kappa shape index (κ3) is 3.53. The van der Waals surface area contributed by atoms with Gasteiger partial charge >= 0.3 is 0 Å². The number of aryl methyl sites for hydroxylation is 1. The highest BCUT2D eigenvalue weighted by Crippen LogP contribution is 2.36. The first-order valence-electron chi connectivity index (χ1n) is 10.1. The van der Waals surface area contributed by atoms with Crippen molar-refractivity contribution in [2.45, 2.75) is 24.4 Å². The third-order valence-corrected chi connectivity index (χ3v) is 6.84. The maximum atomic E-state index is 13.4. The van der Waals surface area contributed by atoms with Crippen molar-refractivity contribution in [2.75, 3.05) is 35.8 Å². The molecule has 0 spiro atoms. The molecular formula is C21H22N6O4S. The number of hydrogen-bond acceptors (Lipinski definition) is 8. The highest BCUT2D eigenvalue weighted by molar-refractivity contribution is 7.90. The maximum absolute atomic E-state index is 13.4. The smallest absolute Gasteiger partial charge is 0.252 e. The molecule has 10 nitrogen and oxygen atoms in total. The van der Waals surface area contributed by atoms with E-state index in [9.17, 15) is 13.2 Å². The number of carbonyl (C=O) groups is 1. The van der Waals surface area contributed by atoms with Gasteiger partial charge in [-0.2, -0.15) is 4.98 Å². The summed E-state index contributed by atoms with van der Waals surface area (Å²) < 4.78 is 30.9. The molecule has 2 aliphatic heterocycles. The summed E-state index contributed by atoms with van der Waals surface area (Å²) in [6.07, 6.45) is 6.31. The number of rotatable bonds is 4. The Morgan fingerprint density at radius 1 is 1.19 bits per heavy atom. The molecule has 32 heavy (non-hydrogen) atoms. The van der Waals surface area contributed by atoms with Gasteiger partial charge in [-0.1, -0.05) is 12.1 Å². The predicted octanol–water partition coefficient (Wildman–Crippen LogP) is 1.13. The lowest BCUT2D eigenvalue weighted by molar-refractivity contribution is -0.122. The van der Waals surface area contributed by atoms with E-state index in [0.717, 1.165) is 11.4 Å². The van der Waals surface area contributed by atoms with Crippen LogP contribution in [-0.2, 0) is 25.9 Å². The zero-order valence-electron chi connectivity index (χ0n) is 17.7. The minimum atomic E-state index is -3.29. The molecule has 166 valence electrons. The Kier molecular flexibility index (Phi) is 4.94. The second kappa shape index (κ2) is 7.68. The minimum Gasteiger partial charge on any atom is -0.377 e. The summed E-state index contributed by atoms with van der Waals surface area (Å²) in [5, 5.41) is 0. The molecule has 0 saturated carbocycles. The lowest BCUT2D eigenvalue weighted by atomic mass is 10.1. The molecule has 1 saturated heterocycles. The fourth-order valence-electron chi connectivity index (χ4n) is 4.01. The average Bonchev–Trinajstić information content (AvgIpc) is 3.22. The van der Waals surface area contributed by atoms with Gasteiger partial charge < -0.3 is 14.5 Å². The summed E-state index contributed by atoms with van der Waals surface area (Å²) in [4.78, 5) is 30.7. The number of ether oxygens (including phenoxy) is 1. The second-order valence-electron chi connectivity index (χ2n) is 7.85. The highest BCUT2D eigenvalue weighted by atomic mass is 32.2. The van der Waals surface area contributed by atoms with Gasteiger partial charge in [-0.3, -0.25) is 9.36 Å². The molecule has 0 aliphatic carbocycles. The molecule has 0 N–H and O–H groups in total. The van der Waals surface area contributed by atoms with E-state index in [1.807, 2.05) is 11.8 Å². The summed E-state index contributed by atoms with van der Waals surface area (Å²) in [6.45, 7) is 3.49. The molecule has 1 atom stereocenters. The van der Waals surface area contributed by atoms with Crippen molar-refractivity contribution in [1.82, 2.24) is 19.5 Å². The van der Waals surface area contributed by atoms with E-state index in [1.54, 1.807) is 52.3 Å². The summed E-state index contributed by atoms with van der Waals surface area (Å²) in [5.41, 5.74) is 1.42. The van der Waals surface area contributed by atoms with Gasteiger partial charge in [0.2, 0.25) is 5.95 Å². The molecule has 0 bridgehead atoms. The number of amides is 1. The van der Waals surface area contributed by atoms with Crippen LogP contribution in [0.3, 0.4) is 0 Å². The number of aromatic nitrogens is 4. The molecular weight excluding hydrogens is 432 g/mol. The van der Waals surface area contributed by atoms with Gasteiger partial charge in [-0.25, -0.2) is 18.4 Å². The second-order valence-corrected chi connectivity index (χ2v) is 9.86. The molecule has 1 aromatic carbocycles. The summed E-state index contributed by atoms with van der Waals surface area (Å²) in [7, 11) is -3.29. The molecule has 3 aromatic rings. The van der Waals surface area contributed by atoms with Crippen LogP contribution < -0.4 is 9.80 Å². The average molecular weight is 455 g/mol. The van der Waals surface area contributed by atoms with Crippen LogP contribution in [-0.4, -0.2) is 65.9 Å². The number of nitrogens with zero attached hydrogens (tertiary/aromatic N) is 6. The number of imidazole rings is 1. The number of hydrogen-bond donors (Lipinski definition) is 0. The zero-order chi connectivity index (χ0) is 22.5. The van der Waals surface area contributed by atoms with Crippen molar-refractivity contribution in [3.05, 3.63) is 54.2 Å². The minimum absolute atomic E-state index is 0.0976. The van der Waals surface area contributed by atoms with Crippen molar-refractivity contribution in [1.29, 1.82) is 0 Å². The van der Waals surface area contributed by atoms with Gasteiger partial charge in [0.25, 0.3) is 5.91 Å². The van der Waals surface area contributed by atoms with Crippen LogP contribution in [0.1, 0.15) is 11.4 Å². The van der Waals surface area contributed by atoms with Gasteiger partial charge in [0.15, 0.2) is 15.7 Å². The maximum Gasteiger partial charge on any atom is 0.252 e. The van der Waals surface area contributed by atoms with Crippen LogP contribution >= 0.6 is 0 Å². The Hall–Kier alpha value is -3.31. The van der Waals surface area contributed by atoms with E-state index in [4.69, 9.17) is 9.72 Å². The number of sulfone groups is 1. The Labute approximate surface area is 185 Å².